The monoisotopic (exact) mass is 428 g/mol. The fourth-order valence-corrected chi connectivity index (χ4v) is 5.97. The van der Waals surface area contributed by atoms with Crippen LogP contribution in [0.15, 0.2) is 78.9 Å². The molecule has 0 amide bonds. The van der Waals surface area contributed by atoms with E-state index in [2.05, 4.69) is 78.9 Å². The van der Waals surface area contributed by atoms with Crippen molar-refractivity contribution in [3.8, 4) is 0 Å². The second-order valence-electron chi connectivity index (χ2n) is 8.84. The molecular weight excluding hydrogens is 412 g/mol. The number of hydrogen-bond donors (Lipinski definition) is 0. The van der Waals surface area contributed by atoms with Crippen LogP contribution in [-0.4, -0.2) is 5.78 Å². The molecule has 0 heterocycles. The molecular formula is C30H17ClO. The number of halogens is 1. The molecule has 2 heteroatoms. The summed E-state index contributed by atoms with van der Waals surface area (Å²) in [6.07, 6.45) is 4.63. The van der Waals surface area contributed by atoms with E-state index in [1.807, 2.05) is 6.08 Å². The number of benzene rings is 7. The minimum atomic E-state index is 0. The highest BCUT2D eigenvalue weighted by molar-refractivity contribution is 6.39. The highest BCUT2D eigenvalue weighted by atomic mass is 35.5. The standard InChI is InChI=1S/C30H16O.ClH/c31-26-7-3-6-22-23(26)13-18-9-11-19-14-24-21-5-2-1-4-16(21)12-17-8-10-20-15-25(22)28(18)30(19)29(20)27(17)24;/h1-6,8-15H,7H2;1H. The summed E-state index contributed by atoms with van der Waals surface area (Å²) in [5.74, 6) is 0.214. The van der Waals surface area contributed by atoms with E-state index in [4.69, 9.17) is 0 Å². The molecule has 150 valence electrons. The van der Waals surface area contributed by atoms with E-state index >= 15 is 0 Å². The first-order chi connectivity index (χ1) is 15.3. The third-order valence-corrected chi connectivity index (χ3v) is 7.26. The SMILES string of the molecule is Cl.O=C1CC=Cc2c1cc1ccc3cc4c5ccccc5cc5ccc6cc2c1c3c6c54. The average molecular weight is 429 g/mol. The van der Waals surface area contributed by atoms with Gasteiger partial charge in [0.25, 0.3) is 0 Å². The van der Waals surface area contributed by atoms with Crippen molar-refractivity contribution in [3.05, 3.63) is 90.0 Å². The van der Waals surface area contributed by atoms with Gasteiger partial charge in [-0.25, -0.2) is 0 Å². The summed E-state index contributed by atoms with van der Waals surface area (Å²) in [7, 11) is 0. The van der Waals surface area contributed by atoms with Crippen LogP contribution in [0, 0.1) is 0 Å². The lowest BCUT2D eigenvalue weighted by molar-refractivity contribution is 0.0995. The van der Waals surface area contributed by atoms with Gasteiger partial charge in [0.15, 0.2) is 5.78 Å². The Hall–Kier alpha value is -3.68. The van der Waals surface area contributed by atoms with Gasteiger partial charge < -0.3 is 0 Å². The van der Waals surface area contributed by atoms with E-state index in [1.54, 1.807) is 0 Å². The summed E-state index contributed by atoms with van der Waals surface area (Å²) in [5.41, 5.74) is 1.93. The van der Waals surface area contributed by atoms with Crippen LogP contribution in [-0.2, 0) is 0 Å². The van der Waals surface area contributed by atoms with Crippen LogP contribution >= 0.6 is 12.4 Å². The van der Waals surface area contributed by atoms with E-state index in [1.165, 1.54) is 59.2 Å². The third-order valence-electron chi connectivity index (χ3n) is 7.26. The van der Waals surface area contributed by atoms with Gasteiger partial charge >= 0.3 is 0 Å². The molecule has 1 aliphatic carbocycles. The van der Waals surface area contributed by atoms with Crippen LogP contribution in [0.5, 0.6) is 0 Å². The van der Waals surface area contributed by atoms with Gasteiger partial charge in [-0.1, -0.05) is 60.7 Å². The zero-order chi connectivity index (χ0) is 20.3. The normalized spacial score (nSPS) is 13.8. The Balaban J connectivity index is 0.00000180. The second-order valence-corrected chi connectivity index (χ2v) is 8.84. The predicted molar refractivity (Wildman–Crippen MR) is 139 cm³/mol. The minimum absolute atomic E-state index is 0. The van der Waals surface area contributed by atoms with Crippen LogP contribution in [0.2, 0.25) is 0 Å². The van der Waals surface area contributed by atoms with E-state index in [9.17, 15) is 4.79 Å². The van der Waals surface area contributed by atoms with Crippen molar-refractivity contribution in [2.24, 2.45) is 0 Å². The van der Waals surface area contributed by atoms with Gasteiger partial charge in [0.2, 0.25) is 0 Å². The number of allylic oxidation sites excluding steroid dienone is 1. The zero-order valence-electron chi connectivity index (χ0n) is 17.1. The maximum absolute atomic E-state index is 12.7. The average Bonchev–Trinajstić information content (AvgIpc) is 2.81. The van der Waals surface area contributed by atoms with E-state index in [0.717, 1.165) is 16.5 Å². The van der Waals surface area contributed by atoms with Crippen LogP contribution in [0.3, 0.4) is 0 Å². The number of hydrogen-bond acceptors (Lipinski definition) is 1. The van der Waals surface area contributed by atoms with E-state index < -0.39 is 0 Å². The molecule has 0 saturated heterocycles. The van der Waals surface area contributed by atoms with Gasteiger partial charge in [-0.3, -0.25) is 4.79 Å². The molecule has 1 nitrogen and oxygen atoms in total. The highest BCUT2D eigenvalue weighted by Crippen LogP contribution is 2.46. The fourth-order valence-electron chi connectivity index (χ4n) is 5.97. The first-order valence-corrected chi connectivity index (χ1v) is 10.8. The van der Waals surface area contributed by atoms with Gasteiger partial charge in [0.1, 0.15) is 0 Å². The van der Waals surface area contributed by atoms with Crippen LogP contribution < -0.4 is 0 Å². The predicted octanol–water partition coefficient (Wildman–Crippen LogP) is 8.50. The maximum Gasteiger partial charge on any atom is 0.167 e. The smallest absolute Gasteiger partial charge is 0.167 e. The lowest BCUT2D eigenvalue weighted by Crippen LogP contribution is -2.05. The summed E-state index contributed by atoms with van der Waals surface area (Å²) >= 11 is 0. The molecule has 0 bridgehead atoms. The molecule has 0 N–H and O–H groups in total. The Bertz CT molecular complexity index is 1930. The molecule has 1 aliphatic rings. The molecule has 0 fully saturated rings. The van der Waals surface area contributed by atoms with Crippen molar-refractivity contribution in [2.45, 2.75) is 6.42 Å². The summed E-state index contributed by atoms with van der Waals surface area (Å²) in [6, 6.07) is 26.7. The number of carbonyl (C=O) groups excluding carboxylic acids is 1. The lowest BCUT2D eigenvalue weighted by Gasteiger charge is -2.21. The van der Waals surface area contributed by atoms with Gasteiger partial charge in [-0.05, 0) is 94.5 Å². The topological polar surface area (TPSA) is 17.1 Å². The van der Waals surface area contributed by atoms with E-state index in [0.29, 0.717) is 6.42 Å². The Morgan fingerprint density at radius 3 is 1.97 bits per heavy atom. The lowest BCUT2D eigenvalue weighted by atomic mass is 9.82. The zero-order valence-corrected chi connectivity index (χ0v) is 17.9. The Kier molecular flexibility index (Phi) is 3.35. The van der Waals surface area contributed by atoms with Gasteiger partial charge in [0, 0.05) is 12.0 Å². The molecule has 7 aromatic carbocycles. The quantitative estimate of drug-likeness (QED) is 0.175. The first-order valence-electron chi connectivity index (χ1n) is 10.8. The first kappa shape index (κ1) is 17.9. The van der Waals surface area contributed by atoms with Crippen molar-refractivity contribution in [3.63, 3.8) is 0 Å². The van der Waals surface area contributed by atoms with Gasteiger partial charge in [-0.15, -0.1) is 12.4 Å². The van der Waals surface area contributed by atoms with Crippen molar-refractivity contribution in [1.29, 1.82) is 0 Å². The molecule has 0 aromatic heterocycles. The largest absolute Gasteiger partial charge is 0.294 e. The summed E-state index contributed by atoms with van der Waals surface area (Å²) in [6.45, 7) is 0. The number of rotatable bonds is 0. The van der Waals surface area contributed by atoms with Crippen LogP contribution in [0.4, 0.5) is 0 Å². The number of ketones is 1. The Morgan fingerprint density at radius 2 is 1.19 bits per heavy atom. The molecule has 8 rings (SSSR count). The van der Waals surface area contributed by atoms with Crippen molar-refractivity contribution >= 4 is 88.9 Å². The second kappa shape index (κ2) is 5.97. The molecule has 0 atom stereocenters. The van der Waals surface area contributed by atoms with Crippen LogP contribution in [0.1, 0.15) is 22.3 Å². The van der Waals surface area contributed by atoms with Crippen LogP contribution in [0.25, 0.3) is 70.7 Å². The number of Topliss-reactive ketones (excluding diaryl/α,β-unsaturated/α-hetero) is 1. The van der Waals surface area contributed by atoms with Crippen molar-refractivity contribution in [2.75, 3.05) is 0 Å². The number of fused-ring (bicyclic) bond motifs is 4. The fraction of sp³-hybridized carbons (Fsp3) is 0.0333. The molecule has 0 spiro atoms. The molecule has 0 saturated carbocycles. The van der Waals surface area contributed by atoms with Crippen molar-refractivity contribution in [1.82, 2.24) is 0 Å². The van der Waals surface area contributed by atoms with Gasteiger partial charge in [0.05, 0.1) is 0 Å². The molecule has 0 radical (unpaired) electrons. The molecule has 32 heavy (non-hydrogen) atoms. The molecule has 0 unspecified atom stereocenters. The maximum atomic E-state index is 12.7. The van der Waals surface area contributed by atoms with Gasteiger partial charge in [-0.2, -0.15) is 0 Å². The Labute approximate surface area is 190 Å². The number of carbonyl (C=O) groups is 1. The molecule has 7 aromatic rings. The minimum Gasteiger partial charge on any atom is -0.294 e. The summed E-state index contributed by atoms with van der Waals surface area (Å²) in [5, 5.41) is 15.4. The molecule has 0 aliphatic heterocycles. The summed E-state index contributed by atoms with van der Waals surface area (Å²) < 4.78 is 0. The highest BCUT2D eigenvalue weighted by Gasteiger charge is 2.22. The van der Waals surface area contributed by atoms with Crippen molar-refractivity contribution < 1.29 is 4.79 Å². The third kappa shape index (κ3) is 2.02. The van der Waals surface area contributed by atoms with E-state index in [-0.39, 0.29) is 18.2 Å². The summed E-state index contributed by atoms with van der Waals surface area (Å²) in [4.78, 5) is 12.7. The Morgan fingerprint density at radius 1 is 0.562 bits per heavy atom.